The Hall–Kier alpha value is -0.610. The zero-order valence-electron chi connectivity index (χ0n) is 13.4. The number of aromatic nitrogens is 1. The molecular weight excluding hydrogens is 328 g/mol. The first-order valence-electron chi connectivity index (χ1n) is 8.02. The van der Waals surface area contributed by atoms with Crippen LogP contribution < -0.4 is 10.1 Å². The van der Waals surface area contributed by atoms with Crippen molar-refractivity contribution in [3.63, 3.8) is 0 Å². The Labute approximate surface area is 137 Å². The lowest BCUT2D eigenvalue weighted by Gasteiger charge is -2.34. The maximum Gasteiger partial charge on any atom is 0.218 e. The van der Waals surface area contributed by atoms with Gasteiger partial charge in [0.05, 0.1) is 0 Å². The highest BCUT2D eigenvalue weighted by molar-refractivity contribution is 9.10. The molecule has 0 spiro atoms. The van der Waals surface area contributed by atoms with Crippen LogP contribution in [0.15, 0.2) is 16.7 Å². The van der Waals surface area contributed by atoms with Crippen LogP contribution in [0.4, 0.5) is 0 Å². The molecule has 0 aliphatic heterocycles. The monoisotopic (exact) mass is 354 g/mol. The van der Waals surface area contributed by atoms with Gasteiger partial charge in [0.15, 0.2) is 0 Å². The topological polar surface area (TPSA) is 34.2 Å². The molecule has 0 aromatic carbocycles. The minimum atomic E-state index is 0.316. The summed E-state index contributed by atoms with van der Waals surface area (Å²) in [6, 6.07) is 2.11. The van der Waals surface area contributed by atoms with Gasteiger partial charge in [-0.1, -0.05) is 20.8 Å². The fourth-order valence-electron chi connectivity index (χ4n) is 2.75. The maximum atomic E-state index is 6.19. The molecule has 1 saturated carbocycles. The van der Waals surface area contributed by atoms with Crippen LogP contribution in [-0.2, 0) is 6.54 Å². The van der Waals surface area contributed by atoms with Crippen molar-refractivity contribution in [2.24, 2.45) is 5.41 Å². The van der Waals surface area contributed by atoms with Crippen molar-refractivity contribution < 1.29 is 4.74 Å². The predicted molar refractivity (Wildman–Crippen MR) is 90.6 cm³/mol. The molecular formula is C17H27BrN2O. The minimum absolute atomic E-state index is 0.316. The summed E-state index contributed by atoms with van der Waals surface area (Å²) >= 11 is 3.50. The second-order valence-corrected chi connectivity index (χ2v) is 7.69. The third kappa shape index (κ3) is 5.26. The van der Waals surface area contributed by atoms with E-state index in [0.29, 0.717) is 11.5 Å². The summed E-state index contributed by atoms with van der Waals surface area (Å²) in [6.45, 7) is 8.70. The van der Waals surface area contributed by atoms with E-state index >= 15 is 0 Å². The van der Waals surface area contributed by atoms with Crippen molar-refractivity contribution in [1.82, 2.24) is 10.3 Å². The zero-order chi connectivity index (χ0) is 15.3. The van der Waals surface area contributed by atoms with E-state index in [2.05, 4.69) is 53.1 Å². The first kappa shape index (κ1) is 16.8. The Kier molecular flexibility index (Phi) is 6.06. The molecule has 118 valence electrons. The summed E-state index contributed by atoms with van der Waals surface area (Å²) in [5, 5.41) is 3.43. The Bertz CT molecular complexity index is 452. The number of halogens is 1. The SMILES string of the molecule is CCCNCc1cc(Br)cnc1OC1CCC(C)(C)CC1. The van der Waals surface area contributed by atoms with Gasteiger partial charge in [0.2, 0.25) is 5.88 Å². The normalized spacial score (nSPS) is 18.7. The van der Waals surface area contributed by atoms with Crippen LogP contribution in [0, 0.1) is 5.41 Å². The van der Waals surface area contributed by atoms with E-state index in [1.54, 1.807) is 0 Å². The quantitative estimate of drug-likeness (QED) is 0.752. The second-order valence-electron chi connectivity index (χ2n) is 6.78. The molecule has 0 unspecified atom stereocenters. The summed E-state index contributed by atoms with van der Waals surface area (Å²) in [4.78, 5) is 4.48. The highest BCUT2D eigenvalue weighted by Crippen LogP contribution is 2.36. The van der Waals surface area contributed by atoms with Crippen molar-refractivity contribution in [3.05, 3.63) is 22.3 Å². The molecule has 0 amide bonds. The van der Waals surface area contributed by atoms with Crippen LogP contribution in [0.25, 0.3) is 0 Å². The largest absolute Gasteiger partial charge is 0.474 e. The molecule has 1 aromatic heterocycles. The van der Waals surface area contributed by atoms with Gasteiger partial charge in [0.25, 0.3) is 0 Å². The van der Waals surface area contributed by atoms with E-state index in [0.717, 1.165) is 48.3 Å². The van der Waals surface area contributed by atoms with Crippen LogP contribution in [0.3, 0.4) is 0 Å². The van der Waals surface area contributed by atoms with Gasteiger partial charge < -0.3 is 10.1 Å². The predicted octanol–water partition coefficient (Wildman–Crippen LogP) is 4.69. The number of rotatable bonds is 6. The molecule has 1 heterocycles. The summed E-state index contributed by atoms with van der Waals surface area (Å²) in [7, 11) is 0. The van der Waals surface area contributed by atoms with Gasteiger partial charge in [-0.3, -0.25) is 0 Å². The molecule has 2 rings (SSSR count). The first-order valence-corrected chi connectivity index (χ1v) is 8.81. The summed E-state index contributed by atoms with van der Waals surface area (Å²) < 4.78 is 7.20. The maximum absolute atomic E-state index is 6.19. The molecule has 3 nitrogen and oxygen atoms in total. The molecule has 1 aliphatic carbocycles. The van der Waals surface area contributed by atoms with Crippen LogP contribution >= 0.6 is 15.9 Å². The molecule has 1 aromatic rings. The number of nitrogens with one attached hydrogen (secondary N) is 1. The molecule has 0 saturated heterocycles. The summed E-state index contributed by atoms with van der Waals surface area (Å²) in [5.74, 6) is 0.798. The Morgan fingerprint density at radius 2 is 2.10 bits per heavy atom. The number of nitrogens with zero attached hydrogens (tertiary/aromatic N) is 1. The lowest BCUT2D eigenvalue weighted by atomic mass is 9.76. The van der Waals surface area contributed by atoms with E-state index in [1.807, 2.05) is 6.20 Å². The highest BCUT2D eigenvalue weighted by atomic mass is 79.9. The van der Waals surface area contributed by atoms with Crippen molar-refractivity contribution >= 4 is 15.9 Å². The second kappa shape index (κ2) is 7.59. The fourth-order valence-corrected chi connectivity index (χ4v) is 3.13. The van der Waals surface area contributed by atoms with E-state index in [4.69, 9.17) is 4.74 Å². The van der Waals surface area contributed by atoms with Gasteiger partial charge in [0.1, 0.15) is 6.10 Å². The smallest absolute Gasteiger partial charge is 0.218 e. The van der Waals surface area contributed by atoms with Crippen molar-refractivity contribution in [3.8, 4) is 5.88 Å². The molecule has 21 heavy (non-hydrogen) atoms. The van der Waals surface area contributed by atoms with Gasteiger partial charge in [-0.05, 0) is 66.1 Å². The standard InChI is InChI=1S/C17H27BrN2O/c1-4-9-19-11-13-10-14(18)12-20-16(13)21-15-5-7-17(2,3)8-6-15/h10,12,15,19H,4-9,11H2,1-3H3. The van der Waals surface area contributed by atoms with E-state index in [1.165, 1.54) is 12.8 Å². The molecule has 1 N–H and O–H groups in total. The van der Waals surface area contributed by atoms with E-state index in [9.17, 15) is 0 Å². The molecule has 4 heteroatoms. The fraction of sp³-hybridized carbons (Fsp3) is 0.706. The minimum Gasteiger partial charge on any atom is -0.474 e. The van der Waals surface area contributed by atoms with Crippen LogP contribution in [0.2, 0.25) is 0 Å². The highest BCUT2D eigenvalue weighted by Gasteiger charge is 2.28. The lowest BCUT2D eigenvalue weighted by molar-refractivity contribution is 0.0938. The summed E-state index contributed by atoms with van der Waals surface area (Å²) in [5.41, 5.74) is 1.61. The number of hydrogen-bond donors (Lipinski definition) is 1. The number of hydrogen-bond acceptors (Lipinski definition) is 3. The van der Waals surface area contributed by atoms with Crippen LogP contribution in [0.1, 0.15) is 58.4 Å². The van der Waals surface area contributed by atoms with Gasteiger partial charge in [-0.25, -0.2) is 4.98 Å². The Morgan fingerprint density at radius 1 is 1.38 bits per heavy atom. The first-order chi connectivity index (χ1) is 10.00. The van der Waals surface area contributed by atoms with Gasteiger partial charge >= 0.3 is 0 Å². The lowest BCUT2D eigenvalue weighted by Crippen LogP contribution is -2.29. The molecule has 0 atom stereocenters. The molecule has 1 fully saturated rings. The van der Waals surface area contributed by atoms with E-state index < -0.39 is 0 Å². The van der Waals surface area contributed by atoms with Crippen LogP contribution in [0.5, 0.6) is 5.88 Å². The summed E-state index contributed by atoms with van der Waals surface area (Å²) in [6.07, 6.45) is 8.01. The number of pyridine rings is 1. The van der Waals surface area contributed by atoms with Crippen molar-refractivity contribution in [2.75, 3.05) is 6.54 Å². The van der Waals surface area contributed by atoms with Gasteiger partial charge in [0, 0.05) is 22.8 Å². The van der Waals surface area contributed by atoms with Crippen LogP contribution in [-0.4, -0.2) is 17.6 Å². The number of ether oxygens (including phenoxy) is 1. The Balaban J connectivity index is 1.98. The average molecular weight is 355 g/mol. The van der Waals surface area contributed by atoms with Crippen molar-refractivity contribution in [1.29, 1.82) is 0 Å². The third-order valence-corrected chi connectivity index (χ3v) is 4.63. The van der Waals surface area contributed by atoms with E-state index in [-0.39, 0.29) is 0 Å². The molecule has 0 bridgehead atoms. The third-order valence-electron chi connectivity index (χ3n) is 4.20. The average Bonchev–Trinajstić information content (AvgIpc) is 2.44. The zero-order valence-corrected chi connectivity index (χ0v) is 15.0. The van der Waals surface area contributed by atoms with Gasteiger partial charge in [-0.2, -0.15) is 0 Å². The molecule has 1 aliphatic rings. The molecule has 0 radical (unpaired) electrons. The Morgan fingerprint density at radius 3 is 2.76 bits per heavy atom. The van der Waals surface area contributed by atoms with Crippen molar-refractivity contribution in [2.45, 2.75) is 65.5 Å². The van der Waals surface area contributed by atoms with Gasteiger partial charge in [-0.15, -0.1) is 0 Å².